The van der Waals surface area contributed by atoms with Crippen molar-refractivity contribution in [1.82, 2.24) is 0 Å². The number of nitrogen functional groups attached to an aromatic ring is 1. The van der Waals surface area contributed by atoms with Gasteiger partial charge in [0.05, 0.1) is 5.56 Å². The molecule has 0 aliphatic carbocycles. The Kier molecular flexibility index (Phi) is 4.18. The first-order chi connectivity index (χ1) is 9.96. The average Bonchev–Trinajstić information content (AvgIpc) is 2.49. The van der Waals surface area contributed by atoms with Gasteiger partial charge in [0.15, 0.2) is 0 Å². The molecule has 0 spiro atoms. The molecule has 0 saturated heterocycles. The topological polar surface area (TPSA) is 59.0 Å². The SMILES string of the molecule is CCC(C)(C)c1ccc(Oc2ccc(N)cc2C#N)cc1. The highest BCUT2D eigenvalue weighted by molar-refractivity contribution is 5.54. The zero-order valence-electron chi connectivity index (χ0n) is 12.7. The van der Waals surface area contributed by atoms with Gasteiger partial charge in [-0.2, -0.15) is 5.26 Å². The second-order valence-electron chi connectivity index (χ2n) is 5.73. The normalized spacial score (nSPS) is 11.0. The third kappa shape index (κ3) is 3.35. The maximum Gasteiger partial charge on any atom is 0.145 e. The highest BCUT2D eigenvalue weighted by atomic mass is 16.5. The molecule has 0 aliphatic rings. The fourth-order valence-electron chi connectivity index (χ4n) is 2.03. The molecule has 0 aromatic heterocycles. The van der Waals surface area contributed by atoms with Crippen molar-refractivity contribution in [3.05, 3.63) is 53.6 Å². The van der Waals surface area contributed by atoms with Crippen molar-refractivity contribution in [1.29, 1.82) is 5.26 Å². The van der Waals surface area contributed by atoms with E-state index in [4.69, 9.17) is 15.7 Å². The van der Waals surface area contributed by atoms with Crippen LogP contribution in [0.15, 0.2) is 42.5 Å². The molecule has 0 unspecified atom stereocenters. The third-order valence-corrected chi connectivity index (χ3v) is 3.87. The lowest BCUT2D eigenvalue weighted by Gasteiger charge is -2.23. The molecule has 0 bridgehead atoms. The van der Waals surface area contributed by atoms with Gasteiger partial charge >= 0.3 is 0 Å². The number of benzene rings is 2. The van der Waals surface area contributed by atoms with Crippen LogP contribution in [0.3, 0.4) is 0 Å². The van der Waals surface area contributed by atoms with Crippen molar-refractivity contribution in [2.24, 2.45) is 0 Å². The van der Waals surface area contributed by atoms with Crippen molar-refractivity contribution < 1.29 is 4.74 Å². The van der Waals surface area contributed by atoms with Crippen LogP contribution in [0.25, 0.3) is 0 Å². The van der Waals surface area contributed by atoms with E-state index < -0.39 is 0 Å². The average molecular weight is 280 g/mol. The predicted molar refractivity (Wildman–Crippen MR) is 85.4 cm³/mol. The zero-order valence-corrected chi connectivity index (χ0v) is 12.7. The molecule has 108 valence electrons. The summed E-state index contributed by atoms with van der Waals surface area (Å²) in [6.07, 6.45) is 1.07. The van der Waals surface area contributed by atoms with E-state index in [-0.39, 0.29) is 5.41 Å². The first-order valence-electron chi connectivity index (χ1n) is 7.04. The van der Waals surface area contributed by atoms with Gasteiger partial charge in [0.25, 0.3) is 0 Å². The Morgan fingerprint density at radius 1 is 1.14 bits per heavy atom. The quantitative estimate of drug-likeness (QED) is 0.831. The molecule has 2 rings (SSSR count). The van der Waals surface area contributed by atoms with Crippen LogP contribution < -0.4 is 10.5 Å². The molecule has 0 radical (unpaired) electrons. The van der Waals surface area contributed by atoms with Crippen molar-refractivity contribution in [3.8, 4) is 17.6 Å². The molecule has 2 aromatic carbocycles. The lowest BCUT2D eigenvalue weighted by atomic mass is 9.82. The van der Waals surface area contributed by atoms with Crippen LogP contribution in [-0.4, -0.2) is 0 Å². The molecule has 3 heteroatoms. The first-order valence-corrected chi connectivity index (χ1v) is 7.04. The molecule has 21 heavy (non-hydrogen) atoms. The van der Waals surface area contributed by atoms with E-state index in [1.165, 1.54) is 5.56 Å². The van der Waals surface area contributed by atoms with E-state index in [1.807, 2.05) is 12.1 Å². The Balaban J connectivity index is 2.24. The molecule has 2 aromatic rings. The summed E-state index contributed by atoms with van der Waals surface area (Å²) in [5, 5.41) is 9.12. The zero-order chi connectivity index (χ0) is 15.5. The lowest BCUT2D eigenvalue weighted by molar-refractivity contribution is 0.477. The molecule has 3 nitrogen and oxygen atoms in total. The minimum Gasteiger partial charge on any atom is -0.456 e. The van der Waals surface area contributed by atoms with E-state index >= 15 is 0 Å². The predicted octanol–water partition coefficient (Wildman–Crippen LogP) is 4.62. The summed E-state index contributed by atoms with van der Waals surface area (Å²) in [4.78, 5) is 0. The fourth-order valence-corrected chi connectivity index (χ4v) is 2.03. The number of nitriles is 1. The summed E-state index contributed by atoms with van der Waals surface area (Å²) < 4.78 is 5.78. The molecule has 0 saturated carbocycles. The summed E-state index contributed by atoms with van der Waals surface area (Å²) in [5.41, 5.74) is 8.09. The minimum absolute atomic E-state index is 0.150. The van der Waals surface area contributed by atoms with Crippen LogP contribution >= 0.6 is 0 Å². The van der Waals surface area contributed by atoms with E-state index in [0.29, 0.717) is 22.7 Å². The third-order valence-electron chi connectivity index (χ3n) is 3.87. The first kappa shape index (κ1) is 14.9. The Hall–Kier alpha value is -2.47. The molecule has 0 atom stereocenters. The van der Waals surface area contributed by atoms with Gasteiger partial charge in [0.2, 0.25) is 0 Å². The molecule has 0 fully saturated rings. The van der Waals surface area contributed by atoms with Gasteiger partial charge in [0, 0.05) is 5.69 Å². The minimum atomic E-state index is 0.150. The van der Waals surface area contributed by atoms with Crippen LogP contribution in [0.5, 0.6) is 11.5 Å². The summed E-state index contributed by atoms with van der Waals surface area (Å²) in [5.74, 6) is 1.24. The molecule has 2 N–H and O–H groups in total. The summed E-state index contributed by atoms with van der Waals surface area (Å²) >= 11 is 0. The number of nitrogens with zero attached hydrogens (tertiary/aromatic N) is 1. The Bertz CT molecular complexity index is 667. The van der Waals surface area contributed by atoms with Crippen LogP contribution in [0.1, 0.15) is 38.3 Å². The number of hydrogen-bond acceptors (Lipinski definition) is 3. The standard InChI is InChI=1S/C18H20N2O/c1-4-18(2,3)14-5-8-16(9-6-14)21-17-10-7-15(20)11-13(17)12-19/h5-11H,4,20H2,1-3H3. The van der Waals surface area contributed by atoms with Crippen LogP contribution in [0, 0.1) is 11.3 Å². The monoisotopic (exact) mass is 280 g/mol. The van der Waals surface area contributed by atoms with Crippen molar-refractivity contribution >= 4 is 5.69 Å². The summed E-state index contributed by atoms with van der Waals surface area (Å²) in [6, 6.07) is 15.2. The van der Waals surface area contributed by atoms with E-state index in [2.05, 4.69) is 39.0 Å². The Labute approximate surface area is 126 Å². The van der Waals surface area contributed by atoms with Gasteiger partial charge in [-0.3, -0.25) is 0 Å². The van der Waals surface area contributed by atoms with E-state index in [9.17, 15) is 0 Å². The Morgan fingerprint density at radius 2 is 1.81 bits per heavy atom. The van der Waals surface area contributed by atoms with Crippen molar-refractivity contribution in [2.75, 3.05) is 5.73 Å². The molecule has 0 amide bonds. The summed E-state index contributed by atoms with van der Waals surface area (Å²) in [6.45, 7) is 6.62. The van der Waals surface area contributed by atoms with E-state index in [1.54, 1.807) is 18.2 Å². The van der Waals surface area contributed by atoms with Gasteiger partial charge in [-0.05, 0) is 47.7 Å². The largest absolute Gasteiger partial charge is 0.456 e. The van der Waals surface area contributed by atoms with Gasteiger partial charge < -0.3 is 10.5 Å². The van der Waals surface area contributed by atoms with Crippen LogP contribution in [-0.2, 0) is 5.41 Å². The highest BCUT2D eigenvalue weighted by Crippen LogP contribution is 2.31. The van der Waals surface area contributed by atoms with Gasteiger partial charge in [-0.15, -0.1) is 0 Å². The molecular weight excluding hydrogens is 260 g/mol. The van der Waals surface area contributed by atoms with Crippen LogP contribution in [0.2, 0.25) is 0 Å². The maximum absolute atomic E-state index is 9.12. The fraction of sp³-hybridized carbons (Fsp3) is 0.278. The van der Waals surface area contributed by atoms with Gasteiger partial charge in [0.1, 0.15) is 17.6 Å². The number of rotatable bonds is 4. The number of hydrogen-bond donors (Lipinski definition) is 1. The second-order valence-corrected chi connectivity index (χ2v) is 5.73. The highest BCUT2D eigenvalue weighted by Gasteiger charge is 2.17. The number of anilines is 1. The van der Waals surface area contributed by atoms with Crippen molar-refractivity contribution in [3.63, 3.8) is 0 Å². The number of nitrogens with two attached hydrogens (primary N) is 1. The van der Waals surface area contributed by atoms with E-state index in [0.717, 1.165) is 6.42 Å². The van der Waals surface area contributed by atoms with Crippen LogP contribution in [0.4, 0.5) is 5.69 Å². The second kappa shape index (κ2) is 5.88. The Morgan fingerprint density at radius 3 is 2.38 bits per heavy atom. The van der Waals surface area contributed by atoms with Gasteiger partial charge in [-0.25, -0.2) is 0 Å². The summed E-state index contributed by atoms with van der Waals surface area (Å²) in [7, 11) is 0. The molecule has 0 aliphatic heterocycles. The maximum atomic E-state index is 9.12. The number of ether oxygens (including phenoxy) is 1. The van der Waals surface area contributed by atoms with Gasteiger partial charge in [-0.1, -0.05) is 32.9 Å². The molecular formula is C18H20N2O. The molecule has 0 heterocycles. The smallest absolute Gasteiger partial charge is 0.145 e. The van der Waals surface area contributed by atoms with Crippen molar-refractivity contribution in [2.45, 2.75) is 32.6 Å². The lowest BCUT2D eigenvalue weighted by Crippen LogP contribution is -2.14.